The Morgan fingerprint density at radius 1 is 1.18 bits per heavy atom. The summed E-state index contributed by atoms with van der Waals surface area (Å²) in [4.78, 5) is 25.8. The summed E-state index contributed by atoms with van der Waals surface area (Å²) in [6.45, 7) is 2.03. The number of rotatable bonds is 6. The Hall–Kier alpha value is -3.12. The zero-order chi connectivity index (χ0) is 24.4. The van der Waals surface area contributed by atoms with Gasteiger partial charge in [-0.2, -0.15) is 13.2 Å². The Kier molecular flexibility index (Phi) is 6.98. The summed E-state index contributed by atoms with van der Waals surface area (Å²) in [5.74, 6) is -1.40. The van der Waals surface area contributed by atoms with E-state index in [9.17, 15) is 31.2 Å². The maximum absolute atomic E-state index is 12.9. The second-order valence-electron chi connectivity index (χ2n) is 7.51. The molecule has 0 saturated heterocycles. The normalized spacial score (nSPS) is 17.2. The molecule has 12 heteroatoms. The summed E-state index contributed by atoms with van der Waals surface area (Å²) < 4.78 is 64.5. The number of nitrogens with one attached hydrogen (secondary N) is 2. The summed E-state index contributed by atoms with van der Waals surface area (Å²) in [6.07, 6.45) is -4.92. The summed E-state index contributed by atoms with van der Waals surface area (Å²) in [7, 11) is -3.90. The molecule has 3 N–H and O–H groups in total. The number of hydrogen-bond acceptors (Lipinski definition) is 6. The molecule has 2 aromatic carbocycles. The second kappa shape index (κ2) is 9.40. The maximum Gasteiger partial charge on any atom is 0.416 e. The van der Waals surface area contributed by atoms with Crippen molar-refractivity contribution in [2.75, 3.05) is 18.0 Å². The highest BCUT2D eigenvalue weighted by Gasteiger charge is 2.38. The first-order valence-electron chi connectivity index (χ1n) is 9.97. The van der Waals surface area contributed by atoms with Crippen molar-refractivity contribution in [2.45, 2.75) is 36.2 Å². The zero-order valence-electron chi connectivity index (χ0n) is 17.5. The van der Waals surface area contributed by atoms with Crippen molar-refractivity contribution >= 4 is 27.3 Å². The van der Waals surface area contributed by atoms with E-state index in [0.717, 1.165) is 12.1 Å². The minimum atomic E-state index is -4.50. The summed E-state index contributed by atoms with van der Waals surface area (Å²) >= 11 is 0. The molecule has 1 unspecified atom stereocenters. The number of anilines is 1. The van der Waals surface area contributed by atoms with Gasteiger partial charge in [0.25, 0.3) is 5.91 Å². The van der Waals surface area contributed by atoms with Crippen LogP contribution in [0.25, 0.3) is 0 Å². The first-order valence-corrected chi connectivity index (χ1v) is 11.5. The lowest BCUT2D eigenvalue weighted by atomic mass is 10.1. The Morgan fingerprint density at radius 3 is 2.55 bits per heavy atom. The van der Waals surface area contributed by atoms with E-state index < -0.39 is 45.1 Å². The molecule has 0 bridgehead atoms. The summed E-state index contributed by atoms with van der Waals surface area (Å²) in [6, 6.07) is 8.57. The second-order valence-corrected chi connectivity index (χ2v) is 9.70. The molecule has 1 heterocycles. The molecule has 1 atom stereocenters. The quantitative estimate of drug-likeness (QED) is 0.428. The minimum absolute atomic E-state index is 0.00540. The smallest absolute Gasteiger partial charge is 0.369 e. The van der Waals surface area contributed by atoms with Crippen LogP contribution >= 0.6 is 0 Å². The largest absolute Gasteiger partial charge is 0.416 e. The number of fused-ring (bicyclic) bond motifs is 1. The number of hydroxylamine groups is 1. The molecule has 0 fully saturated rings. The molecular weight excluding hydrogens is 463 g/mol. The third kappa shape index (κ3) is 5.28. The molecule has 0 aliphatic carbocycles. The lowest BCUT2D eigenvalue weighted by Crippen LogP contribution is -2.44. The Morgan fingerprint density at radius 2 is 1.91 bits per heavy atom. The third-order valence-electron chi connectivity index (χ3n) is 5.36. The van der Waals surface area contributed by atoms with E-state index in [-0.39, 0.29) is 29.1 Å². The Bertz CT molecular complexity index is 1170. The first kappa shape index (κ1) is 24.5. The van der Waals surface area contributed by atoms with Crippen LogP contribution in [0.2, 0.25) is 0 Å². The molecule has 1 aliphatic rings. The number of sulfone groups is 1. The monoisotopic (exact) mass is 485 g/mol. The van der Waals surface area contributed by atoms with Gasteiger partial charge in [-0.25, -0.2) is 13.9 Å². The van der Waals surface area contributed by atoms with Gasteiger partial charge in [-0.05, 0) is 42.8 Å². The van der Waals surface area contributed by atoms with E-state index in [0.29, 0.717) is 12.2 Å². The molecule has 2 amide bonds. The fourth-order valence-electron chi connectivity index (χ4n) is 3.64. The van der Waals surface area contributed by atoms with Gasteiger partial charge in [0.1, 0.15) is 0 Å². The molecule has 0 radical (unpaired) electrons. The molecule has 33 heavy (non-hydrogen) atoms. The van der Waals surface area contributed by atoms with Gasteiger partial charge in [0.2, 0.25) is 5.91 Å². The number of benzene rings is 2. The van der Waals surface area contributed by atoms with Gasteiger partial charge < -0.3 is 10.2 Å². The van der Waals surface area contributed by atoms with Crippen LogP contribution in [0.1, 0.15) is 34.8 Å². The zero-order valence-corrected chi connectivity index (χ0v) is 18.3. The van der Waals surface area contributed by atoms with E-state index in [1.165, 1.54) is 35.8 Å². The average molecular weight is 485 g/mol. The highest BCUT2D eigenvalue weighted by atomic mass is 32.2. The molecule has 178 valence electrons. The maximum atomic E-state index is 12.9. The van der Waals surface area contributed by atoms with Crippen molar-refractivity contribution in [3.05, 3.63) is 59.2 Å². The van der Waals surface area contributed by atoms with Crippen LogP contribution in [0.3, 0.4) is 0 Å². The molecular formula is C21H22F3N3O5S. The van der Waals surface area contributed by atoms with E-state index in [4.69, 9.17) is 5.21 Å². The molecule has 2 aromatic rings. The fourth-order valence-corrected chi connectivity index (χ4v) is 5.48. The van der Waals surface area contributed by atoms with Crippen molar-refractivity contribution in [1.82, 2.24) is 10.8 Å². The lowest BCUT2D eigenvalue weighted by Gasteiger charge is -2.35. The van der Waals surface area contributed by atoms with Crippen LogP contribution in [0.4, 0.5) is 18.9 Å². The predicted molar refractivity (Wildman–Crippen MR) is 112 cm³/mol. The molecule has 8 nitrogen and oxygen atoms in total. The molecule has 0 spiro atoms. The van der Waals surface area contributed by atoms with E-state index >= 15 is 0 Å². The van der Waals surface area contributed by atoms with Crippen LogP contribution in [0, 0.1) is 0 Å². The minimum Gasteiger partial charge on any atom is -0.369 e. The standard InChI is InChI=1S/C21H22F3N3O5S/c1-2-27-12-16(10-19(28)26-30)33(31,32)18-7-6-14(9-17(18)27)20(29)25-11-13-4-3-5-15(8-13)21(22,23)24/h3-9,16,30H,2,10-12H2,1H3,(H,25,29)(H,26,28). The van der Waals surface area contributed by atoms with Crippen LogP contribution < -0.4 is 15.7 Å². The number of nitrogens with zero attached hydrogens (tertiary/aromatic N) is 1. The third-order valence-corrected chi connectivity index (χ3v) is 7.51. The highest BCUT2D eigenvalue weighted by Crippen LogP contribution is 2.35. The number of carbonyl (C=O) groups is 2. The number of alkyl halides is 3. The van der Waals surface area contributed by atoms with Crippen molar-refractivity contribution in [1.29, 1.82) is 0 Å². The van der Waals surface area contributed by atoms with Gasteiger partial charge in [0.15, 0.2) is 9.84 Å². The van der Waals surface area contributed by atoms with Crippen molar-refractivity contribution in [3.8, 4) is 0 Å². The molecule has 0 saturated carbocycles. The van der Waals surface area contributed by atoms with E-state index in [1.807, 2.05) is 0 Å². The molecule has 0 aromatic heterocycles. The van der Waals surface area contributed by atoms with Gasteiger partial charge in [-0.3, -0.25) is 14.8 Å². The number of halogens is 3. The lowest BCUT2D eigenvalue weighted by molar-refractivity contribution is -0.137. The van der Waals surface area contributed by atoms with Gasteiger partial charge >= 0.3 is 6.18 Å². The summed E-state index contributed by atoms with van der Waals surface area (Å²) in [5.41, 5.74) is 1.31. The number of hydrogen-bond donors (Lipinski definition) is 3. The van der Waals surface area contributed by atoms with Crippen LogP contribution in [-0.2, 0) is 27.4 Å². The number of amides is 2. The Balaban J connectivity index is 1.82. The first-order chi connectivity index (χ1) is 15.5. The van der Waals surface area contributed by atoms with E-state index in [2.05, 4.69) is 5.32 Å². The number of carbonyl (C=O) groups excluding carboxylic acids is 2. The van der Waals surface area contributed by atoms with Crippen molar-refractivity contribution < 1.29 is 36.4 Å². The fraction of sp³-hybridized carbons (Fsp3) is 0.333. The van der Waals surface area contributed by atoms with Crippen LogP contribution in [-0.4, -0.2) is 43.8 Å². The van der Waals surface area contributed by atoms with E-state index in [1.54, 1.807) is 11.8 Å². The highest BCUT2D eigenvalue weighted by molar-refractivity contribution is 7.92. The van der Waals surface area contributed by atoms with Crippen LogP contribution in [0.15, 0.2) is 47.4 Å². The van der Waals surface area contributed by atoms with Gasteiger partial charge in [-0.1, -0.05) is 12.1 Å². The van der Waals surface area contributed by atoms with Gasteiger partial charge in [0.05, 0.1) is 21.4 Å². The molecule has 1 aliphatic heterocycles. The molecule has 3 rings (SSSR count). The summed E-state index contributed by atoms with van der Waals surface area (Å²) in [5, 5.41) is 10.2. The average Bonchev–Trinajstić information content (AvgIpc) is 2.78. The van der Waals surface area contributed by atoms with Gasteiger partial charge in [-0.15, -0.1) is 0 Å². The SMILES string of the molecule is CCN1CC(CC(=O)NO)S(=O)(=O)c2ccc(C(=O)NCc3cccc(C(F)(F)F)c3)cc21. The van der Waals surface area contributed by atoms with Crippen molar-refractivity contribution in [2.24, 2.45) is 0 Å². The predicted octanol–water partition coefficient (Wildman–Crippen LogP) is 2.51. The topological polar surface area (TPSA) is 116 Å². The van der Waals surface area contributed by atoms with Crippen molar-refractivity contribution in [3.63, 3.8) is 0 Å². The Labute approximate surface area is 188 Å². The van der Waals surface area contributed by atoms with Gasteiger partial charge in [0, 0.05) is 31.6 Å². The van der Waals surface area contributed by atoms with Crippen LogP contribution in [0.5, 0.6) is 0 Å².